The molecule has 0 atom stereocenters. The largest absolute Gasteiger partial charge is 0.370 e. The summed E-state index contributed by atoms with van der Waals surface area (Å²) in [6, 6.07) is 3.51. The van der Waals surface area contributed by atoms with Gasteiger partial charge in [-0.2, -0.15) is 0 Å². The summed E-state index contributed by atoms with van der Waals surface area (Å²) in [5.74, 6) is 0.615. The minimum atomic E-state index is -0.0738. The van der Waals surface area contributed by atoms with Crippen molar-refractivity contribution in [2.75, 3.05) is 25.0 Å². The normalized spacial score (nSPS) is 17.6. The number of amides is 1. The van der Waals surface area contributed by atoms with Gasteiger partial charge in [-0.25, -0.2) is 4.98 Å². The first kappa shape index (κ1) is 14.1. The van der Waals surface area contributed by atoms with Crippen molar-refractivity contribution in [3.8, 4) is 0 Å². The van der Waals surface area contributed by atoms with Crippen molar-refractivity contribution in [1.82, 2.24) is 9.88 Å². The number of anilines is 1. The predicted molar refractivity (Wildman–Crippen MR) is 77.7 cm³/mol. The fourth-order valence-corrected chi connectivity index (χ4v) is 2.49. The van der Waals surface area contributed by atoms with Gasteiger partial charge in [0.25, 0.3) is 5.91 Å². The molecule has 1 aliphatic rings. The van der Waals surface area contributed by atoms with Gasteiger partial charge in [0.15, 0.2) is 0 Å². The summed E-state index contributed by atoms with van der Waals surface area (Å²) >= 11 is 6.10. The predicted octanol–water partition coefficient (Wildman–Crippen LogP) is 3.04. The molecule has 0 bridgehead atoms. The topological polar surface area (TPSA) is 45.2 Å². The molecule has 1 N–H and O–H groups in total. The quantitative estimate of drug-likeness (QED) is 0.926. The summed E-state index contributed by atoms with van der Waals surface area (Å²) in [6.45, 7) is 8.62. The molecule has 0 aliphatic carbocycles. The summed E-state index contributed by atoms with van der Waals surface area (Å²) in [5, 5.41) is 3.51. The molecule has 1 aromatic rings. The second-order valence-electron chi connectivity index (χ2n) is 5.70. The van der Waals surface area contributed by atoms with Gasteiger partial charge in [-0.3, -0.25) is 4.79 Å². The zero-order valence-electron chi connectivity index (χ0n) is 11.7. The molecule has 19 heavy (non-hydrogen) atoms. The maximum atomic E-state index is 12.5. The Morgan fingerprint density at radius 1 is 1.53 bits per heavy atom. The number of aromatic nitrogens is 1. The van der Waals surface area contributed by atoms with Crippen LogP contribution in [0.1, 0.15) is 37.7 Å². The highest BCUT2D eigenvalue weighted by Gasteiger charge is 2.33. The average Bonchev–Trinajstić information content (AvgIpc) is 2.72. The van der Waals surface area contributed by atoms with Crippen LogP contribution in [0.4, 0.5) is 5.82 Å². The SMILES string of the molecule is CCNc1ccc(Cl)c(C(=O)N2CCC(C)(C)C2)n1. The average molecular weight is 282 g/mol. The van der Waals surface area contributed by atoms with E-state index in [1.54, 1.807) is 12.1 Å². The van der Waals surface area contributed by atoms with Crippen LogP contribution in [0.25, 0.3) is 0 Å². The number of nitrogens with one attached hydrogen (secondary N) is 1. The van der Waals surface area contributed by atoms with Crippen molar-refractivity contribution >= 4 is 23.3 Å². The van der Waals surface area contributed by atoms with E-state index in [2.05, 4.69) is 24.1 Å². The maximum Gasteiger partial charge on any atom is 0.274 e. The number of rotatable bonds is 3. The Kier molecular flexibility index (Phi) is 3.99. The number of likely N-dealkylation sites (tertiary alicyclic amines) is 1. The number of carbonyl (C=O) groups is 1. The van der Waals surface area contributed by atoms with Crippen molar-refractivity contribution in [3.63, 3.8) is 0 Å². The van der Waals surface area contributed by atoms with Gasteiger partial charge in [-0.05, 0) is 30.9 Å². The van der Waals surface area contributed by atoms with Crippen LogP contribution in [0.5, 0.6) is 0 Å². The first-order valence-corrected chi connectivity index (χ1v) is 7.00. The molecule has 1 fully saturated rings. The number of nitrogens with zero attached hydrogens (tertiary/aromatic N) is 2. The first-order valence-electron chi connectivity index (χ1n) is 6.62. The van der Waals surface area contributed by atoms with Crippen LogP contribution >= 0.6 is 11.6 Å². The number of halogens is 1. The Morgan fingerprint density at radius 2 is 2.26 bits per heavy atom. The lowest BCUT2D eigenvalue weighted by Gasteiger charge is -2.20. The van der Waals surface area contributed by atoms with Crippen molar-refractivity contribution in [1.29, 1.82) is 0 Å². The molecule has 0 unspecified atom stereocenters. The molecule has 0 radical (unpaired) electrons. The third-order valence-corrected chi connectivity index (χ3v) is 3.68. The van der Waals surface area contributed by atoms with E-state index >= 15 is 0 Å². The zero-order chi connectivity index (χ0) is 14.0. The molecular weight excluding hydrogens is 262 g/mol. The van der Waals surface area contributed by atoms with E-state index in [0.717, 1.165) is 26.1 Å². The molecule has 2 heterocycles. The Morgan fingerprint density at radius 3 is 2.84 bits per heavy atom. The fraction of sp³-hybridized carbons (Fsp3) is 0.571. The van der Waals surface area contributed by atoms with E-state index in [4.69, 9.17) is 11.6 Å². The minimum absolute atomic E-state index is 0.0738. The number of pyridine rings is 1. The van der Waals surface area contributed by atoms with E-state index in [0.29, 0.717) is 16.5 Å². The van der Waals surface area contributed by atoms with Crippen molar-refractivity contribution in [3.05, 3.63) is 22.8 Å². The summed E-state index contributed by atoms with van der Waals surface area (Å²) in [6.07, 6.45) is 1.02. The van der Waals surface area contributed by atoms with Crippen LogP contribution in [0.15, 0.2) is 12.1 Å². The lowest BCUT2D eigenvalue weighted by atomic mass is 9.93. The summed E-state index contributed by atoms with van der Waals surface area (Å²) in [7, 11) is 0. The van der Waals surface area contributed by atoms with E-state index < -0.39 is 0 Å². The summed E-state index contributed by atoms with van der Waals surface area (Å²) in [4.78, 5) is 18.6. The summed E-state index contributed by atoms with van der Waals surface area (Å²) < 4.78 is 0. The van der Waals surface area contributed by atoms with Gasteiger partial charge >= 0.3 is 0 Å². The Bertz CT molecular complexity index is 488. The molecular formula is C14H20ClN3O. The van der Waals surface area contributed by atoms with Crippen LogP contribution in [0, 0.1) is 5.41 Å². The van der Waals surface area contributed by atoms with Crippen LogP contribution in [-0.2, 0) is 0 Å². The maximum absolute atomic E-state index is 12.5. The minimum Gasteiger partial charge on any atom is -0.370 e. The monoisotopic (exact) mass is 281 g/mol. The van der Waals surface area contributed by atoms with Gasteiger partial charge in [-0.1, -0.05) is 25.4 Å². The lowest BCUT2D eigenvalue weighted by Crippen LogP contribution is -2.31. The van der Waals surface area contributed by atoms with E-state index in [1.807, 2.05) is 11.8 Å². The van der Waals surface area contributed by atoms with Gasteiger partial charge < -0.3 is 10.2 Å². The molecule has 2 rings (SSSR count). The molecule has 104 valence electrons. The van der Waals surface area contributed by atoms with Gasteiger partial charge in [0.1, 0.15) is 11.5 Å². The first-order chi connectivity index (χ1) is 8.93. The molecule has 5 heteroatoms. The van der Waals surface area contributed by atoms with Gasteiger partial charge in [0, 0.05) is 19.6 Å². The second kappa shape index (κ2) is 5.37. The lowest BCUT2D eigenvalue weighted by molar-refractivity contribution is 0.0773. The molecule has 4 nitrogen and oxygen atoms in total. The molecule has 0 spiro atoms. The molecule has 1 amide bonds. The molecule has 0 aromatic carbocycles. The molecule has 1 aromatic heterocycles. The summed E-state index contributed by atoms with van der Waals surface area (Å²) in [5.41, 5.74) is 0.527. The van der Waals surface area contributed by atoms with E-state index in [-0.39, 0.29) is 11.3 Å². The molecule has 1 aliphatic heterocycles. The van der Waals surface area contributed by atoms with Crippen molar-refractivity contribution in [2.24, 2.45) is 5.41 Å². The van der Waals surface area contributed by atoms with Crippen molar-refractivity contribution < 1.29 is 4.79 Å². The number of carbonyl (C=O) groups excluding carboxylic acids is 1. The highest BCUT2D eigenvalue weighted by molar-refractivity contribution is 6.33. The number of hydrogen-bond acceptors (Lipinski definition) is 3. The van der Waals surface area contributed by atoms with E-state index in [1.165, 1.54) is 0 Å². The van der Waals surface area contributed by atoms with Crippen LogP contribution in [-0.4, -0.2) is 35.4 Å². The molecule has 1 saturated heterocycles. The highest BCUT2D eigenvalue weighted by atomic mass is 35.5. The van der Waals surface area contributed by atoms with E-state index in [9.17, 15) is 4.79 Å². The third kappa shape index (κ3) is 3.18. The smallest absolute Gasteiger partial charge is 0.274 e. The Labute approximate surface area is 119 Å². The van der Waals surface area contributed by atoms with Crippen LogP contribution < -0.4 is 5.32 Å². The van der Waals surface area contributed by atoms with Gasteiger partial charge in [0.2, 0.25) is 0 Å². The van der Waals surface area contributed by atoms with Gasteiger partial charge in [0.05, 0.1) is 5.02 Å². The zero-order valence-corrected chi connectivity index (χ0v) is 12.4. The standard InChI is InChI=1S/C14H20ClN3O/c1-4-16-11-6-5-10(15)12(17-11)13(19)18-8-7-14(2,3)9-18/h5-6H,4,7-9H2,1-3H3,(H,16,17). The molecule has 0 saturated carbocycles. The van der Waals surface area contributed by atoms with Crippen LogP contribution in [0.2, 0.25) is 5.02 Å². The Hall–Kier alpha value is -1.29. The van der Waals surface area contributed by atoms with Crippen molar-refractivity contribution in [2.45, 2.75) is 27.2 Å². The Balaban J connectivity index is 2.21. The van der Waals surface area contributed by atoms with Crippen LogP contribution in [0.3, 0.4) is 0 Å². The third-order valence-electron chi connectivity index (χ3n) is 3.37. The highest BCUT2D eigenvalue weighted by Crippen LogP contribution is 2.30. The number of hydrogen-bond donors (Lipinski definition) is 1. The second-order valence-corrected chi connectivity index (χ2v) is 6.11. The fourth-order valence-electron chi connectivity index (χ4n) is 2.31. The van der Waals surface area contributed by atoms with Gasteiger partial charge in [-0.15, -0.1) is 0 Å².